The standard InChI is InChI=1S/C19H17FN2O6S/c1-21(10-13-6-8-14(20)9-7-13)17(23)12-28-18(24)11-22-19(25)15-4-2-3-5-16(15)29(22,26)27/h2-9H,10-12H2,1H3. The van der Waals surface area contributed by atoms with E-state index in [1.165, 1.54) is 60.5 Å². The zero-order valence-electron chi connectivity index (χ0n) is 15.4. The van der Waals surface area contributed by atoms with Gasteiger partial charge in [0.15, 0.2) is 6.61 Å². The number of ether oxygens (including phenoxy) is 1. The number of fused-ring (bicyclic) bond motifs is 1. The van der Waals surface area contributed by atoms with Crippen molar-refractivity contribution in [1.29, 1.82) is 0 Å². The van der Waals surface area contributed by atoms with Crippen LogP contribution in [0.15, 0.2) is 53.4 Å². The number of likely N-dealkylation sites (N-methyl/N-ethyl adjacent to an activating group) is 1. The summed E-state index contributed by atoms with van der Waals surface area (Å²) in [6.45, 7) is -1.28. The number of hydrogen-bond donors (Lipinski definition) is 0. The first-order valence-corrected chi connectivity index (χ1v) is 9.94. The second-order valence-electron chi connectivity index (χ2n) is 6.35. The fourth-order valence-corrected chi connectivity index (χ4v) is 4.27. The molecule has 0 aromatic heterocycles. The topological polar surface area (TPSA) is 101 Å². The molecule has 2 aromatic rings. The predicted octanol–water partition coefficient (Wildman–Crippen LogP) is 1.17. The van der Waals surface area contributed by atoms with Gasteiger partial charge in [-0.1, -0.05) is 24.3 Å². The highest BCUT2D eigenvalue weighted by Gasteiger charge is 2.42. The van der Waals surface area contributed by atoms with E-state index in [4.69, 9.17) is 4.74 Å². The Morgan fingerprint density at radius 3 is 2.41 bits per heavy atom. The molecule has 0 N–H and O–H groups in total. The van der Waals surface area contributed by atoms with Crippen molar-refractivity contribution in [2.75, 3.05) is 20.2 Å². The summed E-state index contributed by atoms with van der Waals surface area (Å²) in [6, 6.07) is 11.2. The van der Waals surface area contributed by atoms with Crippen LogP contribution in [0.3, 0.4) is 0 Å². The minimum absolute atomic E-state index is 0.0181. The van der Waals surface area contributed by atoms with E-state index in [0.29, 0.717) is 9.87 Å². The van der Waals surface area contributed by atoms with Crippen LogP contribution in [0.2, 0.25) is 0 Å². The van der Waals surface area contributed by atoms with E-state index in [0.717, 1.165) is 0 Å². The molecule has 0 saturated heterocycles. The van der Waals surface area contributed by atoms with Gasteiger partial charge in [0.25, 0.3) is 21.8 Å². The summed E-state index contributed by atoms with van der Waals surface area (Å²) < 4.78 is 43.0. The van der Waals surface area contributed by atoms with Crippen LogP contribution in [0.4, 0.5) is 4.39 Å². The number of halogens is 1. The molecule has 0 radical (unpaired) electrons. The molecule has 29 heavy (non-hydrogen) atoms. The molecule has 0 unspecified atom stereocenters. The number of amides is 2. The SMILES string of the molecule is CN(Cc1ccc(F)cc1)C(=O)COC(=O)CN1C(=O)c2ccccc2S1(=O)=O. The van der Waals surface area contributed by atoms with E-state index in [1.807, 2.05) is 0 Å². The molecule has 0 bridgehead atoms. The molecule has 1 heterocycles. The number of rotatable bonds is 6. The lowest BCUT2D eigenvalue weighted by Gasteiger charge is -2.18. The highest BCUT2D eigenvalue weighted by atomic mass is 32.2. The van der Waals surface area contributed by atoms with E-state index in [9.17, 15) is 27.2 Å². The van der Waals surface area contributed by atoms with Gasteiger partial charge in [0.2, 0.25) is 0 Å². The Hall–Kier alpha value is -3.27. The number of nitrogens with zero attached hydrogens (tertiary/aromatic N) is 2. The molecule has 8 nitrogen and oxygen atoms in total. The van der Waals surface area contributed by atoms with E-state index in [1.54, 1.807) is 0 Å². The van der Waals surface area contributed by atoms with Gasteiger partial charge in [-0.2, -0.15) is 0 Å². The Morgan fingerprint density at radius 1 is 1.10 bits per heavy atom. The summed E-state index contributed by atoms with van der Waals surface area (Å²) in [5, 5.41) is 0. The minimum atomic E-state index is -4.13. The van der Waals surface area contributed by atoms with E-state index >= 15 is 0 Å². The van der Waals surface area contributed by atoms with Crippen molar-refractivity contribution in [3.63, 3.8) is 0 Å². The smallest absolute Gasteiger partial charge is 0.327 e. The Bertz CT molecular complexity index is 1070. The third-order valence-electron chi connectivity index (χ3n) is 4.30. The molecule has 1 aliphatic heterocycles. The van der Waals surface area contributed by atoms with Crippen LogP contribution in [-0.2, 0) is 30.9 Å². The first kappa shape index (κ1) is 20.5. The average molecular weight is 420 g/mol. The normalized spacial score (nSPS) is 14.4. The molecule has 0 fully saturated rings. The highest BCUT2D eigenvalue weighted by Crippen LogP contribution is 2.29. The zero-order valence-corrected chi connectivity index (χ0v) is 16.2. The summed E-state index contributed by atoms with van der Waals surface area (Å²) >= 11 is 0. The molecule has 0 aliphatic carbocycles. The summed E-state index contributed by atoms with van der Waals surface area (Å²) in [5.41, 5.74) is 0.663. The summed E-state index contributed by atoms with van der Waals surface area (Å²) in [5.74, 6) is -2.79. The lowest BCUT2D eigenvalue weighted by atomic mass is 10.2. The average Bonchev–Trinajstić information content (AvgIpc) is 2.89. The van der Waals surface area contributed by atoms with Crippen molar-refractivity contribution < 1.29 is 31.9 Å². The Kier molecular flexibility index (Phi) is 5.64. The summed E-state index contributed by atoms with van der Waals surface area (Å²) in [7, 11) is -2.66. The Balaban J connectivity index is 1.55. The van der Waals surface area contributed by atoms with Gasteiger partial charge in [0.05, 0.1) is 5.56 Å². The van der Waals surface area contributed by atoms with Crippen LogP contribution in [0.1, 0.15) is 15.9 Å². The second kappa shape index (κ2) is 8.00. The first-order valence-electron chi connectivity index (χ1n) is 8.50. The van der Waals surface area contributed by atoms with Gasteiger partial charge in [0.1, 0.15) is 17.3 Å². The summed E-state index contributed by atoms with van der Waals surface area (Å²) in [6.07, 6.45) is 0. The van der Waals surface area contributed by atoms with E-state index < -0.39 is 46.8 Å². The van der Waals surface area contributed by atoms with Gasteiger partial charge in [-0.15, -0.1) is 0 Å². The maximum Gasteiger partial charge on any atom is 0.327 e. The number of benzene rings is 2. The molecule has 152 valence electrons. The molecule has 2 amide bonds. The maximum absolute atomic E-state index is 12.9. The molecule has 0 spiro atoms. The molecule has 10 heteroatoms. The summed E-state index contributed by atoms with van der Waals surface area (Å²) in [4.78, 5) is 37.5. The quantitative estimate of drug-likeness (QED) is 0.651. The molecule has 3 rings (SSSR count). The van der Waals surface area contributed by atoms with Crippen LogP contribution in [-0.4, -0.2) is 55.6 Å². The van der Waals surface area contributed by atoms with Crippen LogP contribution in [0, 0.1) is 5.82 Å². The van der Waals surface area contributed by atoms with Crippen molar-refractivity contribution in [1.82, 2.24) is 9.21 Å². The Labute approximate surface area is 166 Å². The van der Waals surface area contributed by atoms with Gasteiger partial charge in [-0.25, -0.2) is 17.1 Å². The van der Waals surface area contributed by atoms with Crippen LogP contribution in [0.5, 0.6) is 0 Å². The minimum Gasteiger partial charge on any atom is -0.454 e. The van der Waals surface area contributed by atoms with Crippen molar-refractivity contribution in [2.24, 2.45) is 0 Å². The second-order valence-corrected chi connectivity index (χ2v) is 8.18. The number of carbonyl (C=O) groups is 3. The fourth-order valence-electron chi connectivity index (χ4n) is 2.75. The number of hydrogen-bond acceptors (Lipinski definition) is 6. The third-order valence-corrected chi connectivity index (χ3v) is 6.09. The number of carbonyl (C=O) groups excluding carboxylic acids is 3. The van der Waals surface area contributed by atoms with E-state index in [2.05, 4.69) is 0 Å². The molecule has 2 aromatic carbocycles. The van der Waals surface area contributed by atoms with Crippen molar-refractivity contribution in [3.8, 4) is 0 Å². The maximum atomic E-state index is 12.9. The third kappa shape index (κ3) is 4.27. The monoisotopic (exact) mass is 420 g/mol. The van der Waals surface area contributed by atoms with Crippen LogP contribution < -0.4 is 0 Å². The number of esters is 1. The van der Waals surface area contributed by atoms with Crippen LogP contribution in [0.25, 0.3) is 0 Å². The molecule has 1 aliphatic rings. The van der Waals surface area contributed by atoms with Crippen molar-refractivity contribution in [2.45, 2.75) is 11.4 Å². The van der Waals surface area contributed by atoms with Gasteiger partial charge < -0.3 is 9.64 Å². The fraction of sp³-hybridized carbons (Fsp3) is 0.211. The highest BCUT2D eigenvalue weighted by molar-refractivity contribution is 7.90. The predicted molar refractivity (Wildman–Crippen MR) is 98.5 cm³/mol. The molecular weight excluding hydrogens is 403 g/mol. The lowest BCUT2D eigenvalue weighted by Crippen LogP contribution is -2.37. The van der Waals surface area contributed by atoms with Gasteiger partial charge in [-0.3, -0.25) is 14.4 Å². The largest absolute Gasteiger partial charge is 0.454 e. The first-order chi connectivity index (χ1) is 13.7. The van der Waals surface area contributed by atoms with Crippen molar-refractivity contribution in [3.05, 3.63) is 65.5 Å². The van der Waals surface area contributed by atoms with Crippen LogP contribution >= 0.6 is 0 Å². The van der Waals surface area contributed by atoms with Gasteiger partial charge >= 0.3 is 5.97 Å². The van der Waals surface area contributed by atoms with Gasteiger partial charge in [-0.05, 0) is 29.8 Å². The zero-order chi connectivity index (χ0) is 21.2. The van der Waals surface area contributed by atoms with Crippen molar-refractivity contribution >= 4 is 27.8 Å². The molecular formula is C19H17FN2O6S. The number of sulfonamides is 1. The lowest BCUT2D eigenvalue weighted by molar-refractivity contribution is -0.151. The molecule has 0 saturated carbocycles. The Morgan fingerprint density at radius 2 is 1.76 bits per heavy atom. The van der Waals surface area contributed by atoms with Gasteiger partial charge in [0, 0.05) is 13.6 Å². The van der Waals surface area contributed by atoms with E-state index in [-0.39, 0.29) is 17.0 Å². The molecule has 0 atom stereocenters.